The lowest BCUT2D eigenvalue weighted by atomic mass is 10.1. The molecule has 6 nitrogen and oxygen atoms in total. The number of aromatic nitrogens is 1. The van der Waals surface area contributed by atoms with E-state index in [9.17, 15) is 0 Å². The van der Waals surface area contributed by atoms with Crippen LogP contribution in [0.5, 0.6) is 5.75 Å². The van der Waals surface area contributed by atoms with Crippen molar-refractivity contribution < 1.29 is 9.15 Å². The monoisotopic (exact) mass is 308 g/mol. The van der Waals surface area contributed by atoms with Gasteiger partial charge in [-0.3, -0.25) is 0 Å². The minimum absolute atomic E-state index is 0.104. The van der Waals surface area contributed by atoms with Gasteiger partial charge in [0.1, 0.15) is 18.4 Å². The van der Waals surface area contributed by atoms with E-state index in [1.165, 1.54) is 0 Å². The summed E-state index contributed by atoms with van der Waals surface area (Å²) in [6.45, 7) is 4.34. The van der Waals surface area contributed by atoms with Crippen molar-refractivity contribution in [3.63, 3.8) is 0 Å². The van der Waals surface area contributed by atoms with Crippen molar-refractivity contribution in [1.29, 1.82) is 5.26 Å². The maximum Gasteiger partial charge on any atom is 0.252 e. The molecule has 2 heterocycles. The Morgan fingerprint density at radius 2 is 2.22 bits per heavy atom. The third kappa shape index (κ3) is 3.24. The van der Waals surface area contributed by atoms with Crippen molar-refractivity contribution in [2.45, 2.75) is 19.8 Å². The molecule has 0 saturated carbocycles. The number of oxazole rings is 1. The molecule has 0 radical (unpaired) electrons. The van der Waals surface area contributed by atoms with Crippen LogP contribution in [0.25, 0.3) is 6.08 Å². The molecule has 1 aliphatic rings. The molecule has 0 atom stereocenters. The molecule has 116 valence electrons. The van der Waals surface area contributed by atoms with E-state index in [-0.39, 0.29) is 17.5 Å². The minimum Gasteiger partial charge on any atom is -0.488 e. The highest BCUT2D eigenvalue weighted by molar-refractivity contribution is 5.88. The van der Waals surface area contributed by atoms with Gasteiger partial charge >= 0.3 is 0 Å². The van der Waals surface area contributed by atoms with Gasteiger partial charge in [0.05, 0.1) is 6.21 Å². The number of rotatable bonds is 4. The first-order chi connectivity index (χ1) is 11.2. The average molecular weight is 308 g/mol. The first-order valence-corrected chi connectivity index (χ1v) is 7.29. The highest BCUT2D eigenvalue weighted by Gasteiger charge is 2.15. The normalized spacial score (nSPS) is 13.4. The lowest BCUT2D eigenvalue weighted by Gasteiger charge is -2.15. The quantitative estimate of drug-likeness (QED) is 0.690. The van der Waals surface area contributed by atoms with Gasteiger partial charge in [-0.1, -0.05) is 32.0 Å². The van der Waals surface area contributed by atoms with E-state index in [2.05, 4.69) is 15.5 Å². The summed E-state index contributed by atoms with van der Waals surface area (Å²) in [6.07, 6.45) is 3.66. The molecular weight excluding hydrogens is 292 g/mol. The standard InChI is InChI=1S/C17H16N4O2/c1-11(2)16-20-14(8-18)17(23-16)21-19-9-12-7-13-5-3-4-6-15(13)22-10-12/h3-7,9,11,21H,10H2,1-2H3. The van der Waals surface area contributed by atoms with Crippen LogP contribution in [0.15, 0.2) is 39.4 Å². The third-order valence-corrected chi connectivity index (χ3v) is 3.29. The zero-order valence-corrected chi connectivity index (χ0v) is 12.9. The van der Waals surface area contributed by atoms with Gasteiger partial charge in [0.25, 0.3) is 5.88 Å². The largest absolute Gasteiger partial charge is 0.488 e. The molecule has 0 bridgehead atoms. The molecule has 1 N–H and O–H groups in total. The highest BCUT2D eigenvalue weighted by atomic mass is 16.5. The number of fused-ring (bicyclic) bond motifs is 1. The van der Waals surface area contributed by atoms with Gasteiger partial charge in [0.15, 0.2) is 0 Å². The topological polar surface area (TPSA) is 83.4 Å². The van der Waals surface area contributed by atoms with E-state index >= 15 is 0 Å². The average Bonchev–Trinajstić information content (AvgIpc) is 2.98. The van der Waals surface area contributed by atoms with Crippen molar-refractivity contribution in [2.24, 2.45) is 5.10 Å². The molecule has 1 aliphatic heterocycles. The van der Waals surface area contributed by atoms with Crippen molar-refractivity contribution >= 4 is 18.2 Å². The number of para-hydroxylation sites is 1. The maximum absolute atomic E-state index is 9.08. The predicted molar refractivity (Wildman–Crippen MR) is 87.3 cm³/mol. The number of nitrogens with zero attached hydrogens (tertiary/aromatic N) is 3. The molecule has 6 heteroatoms. The van der Waals surface area contributed by atoms with Crippen LogP contribution in [0.3, 0.4) is 0 Å². The molecular formula is C17H16N4O2. The predicted octanol–water partition coefficient (Wildman–Crippen LogP) is 3.54. The fraction of sp³-hybridized carbons (Fsp3) is 0.235. The molecule has 0 aliphatic carbocycles. The Bertz CT molecular complexity index is 812. The number of hydrogen-bond donors (Lipinski definition) is 1. The van der Waals surface area contributed by atoms with Gasteiger partial charge in [-0.05, 0) is 12.1 Å². The van der Waals surface area contributed by atoms with Crippen LogP contribution in [-0.4, -0.2) is 17.8 Å². The number of hydrazone groups is 1. The van der Waals surface area contributed by atoms with E-state index in [0.29, 0.717) is 12.5 Å². The molecule has 0 spiro atoms. The zero-order chi connectivity index (χ0) is 16.2. The van der Waals surface area contributed by atoms with Crippen LogP contribution in [0.1, 0.15) is 36.9 Å². The number of benzene rings is 1. The van der Waals surface area contributed by atoms with Crippen molar-refractivity contribution in [3.8, 4) is 11.8 Å². The molecule has 2 aromatic rings. The van der Waals surface area contributed by atoms with Crippen LogP contribution in [0.2, 0.25) is 0 Å². The van der Waals surface area contributed by atoms with Crippen molar-refractivity contribution in [1.82, 2.24) is 4.98 Å². The first kappa shape index (κ1) is 14.9. The fourth-order valence-corrected chi connectivity index (χ4v) is 2.12. The fourth-order valence-electron chi connectivity index (χ4n) is 2.12. The van der Waals surface area contributed by atoms with Gasteiger partial charge in [-0.2, -0.15) is 10.4 Å². The van der Waals surface area contributed by atoms with E-state index < -0.39 is 0 Å². The number of nitrogens with one attached hydrogen (secondary N) is 1. The number of nitriles is 1. The summed E-state index contributed by atoms with van der Waals surface area (Å²) in [6, 6.07) is 9.80. The summed E-state index contributed by atoms with van der Waals surface area (Å²) in [4.78, 5) is 4.12. The van der Waals surface area contributed by atoms with Gasteiger partial charge in [-0.25, -0.2) is 10.4 Å². The second kappa shape index (κ2) is 6.36. The summed E-state index contributed by atoms with van der Waals surface area (Å²) < 4.78 is 11.1. The Morgan fingerprint density at radius 1 is 1.39 bits per heavy atom. The first-order valence-electron chi connectivity index (χ1n) is 7.29. The van der Waals surface area contributed by atoms with Gasteiger partial charge in [0.2, 0.25) is 11.6 Å². The second-order valence-corrected chi connectivity index (χ2v) is 5.41. The Hall–Kier alpha value is -3.07. The summed E-state index contributed by atoms with van der Waals surface area (Å²) in [5, 5.41) is 13.2. The smallest absolute Gasteiger partial charge is 0.252 e. The van der Waals surface area contributed by atoms with Crippen LogP contribution in [0, 0.1) is 11.3 Å². The van der Waals surface area contributed by atoms with Crippen LogP contribution in [-0.2, 0) is 0 Å². The number of hydrogen-bond acceptors (Lipinski definition) is 6. The van der Waals surface area contributed by atoms with E-state index in [1.54, 1.807) is 6.21 Å². The van der Waals surface area contributed by atoms with Crippen molar-refractivity contribution in [3.05, 3.63) is 47.0 Å². The van der Waals surface area contributed by atoms with E-state index in [0.717, 1.165) is 16.9 Å². The van der Waals surface area contributed by atoms with E-state index in [4.69, 9.17) is 14.4 Å². The maximum atomic E-state index is 9.08. The van der Waals surface area contributed by atoms with Crippen molar-refractivity contribution in [2.75, 3.05) is 12.0 Å². The lowest BCUT2D eigenvalue weighted by molar-refractivity contribution is 0.353. The summed E-state index contributed by atoms with van der Waals surface area (Å²) in [7, 11) is 0. The molecule has 0 unspecified atom stereocenters. The van der Waals surface area contributed by atoms with E-state index in [1.807, 2.05) is 50.3 Å². The highest BCUT2D eigenvalue weighted by Crippen LogP contribution is 2.25. The van der Waals surface area contributed by atoms with Crippen LogP contribution >= 0.6 is 0 Å². The summed E-state index contributed by atoms with van der Waals surface area (Å²) in [5.74, 6) is 1.73. The molecule has 0 saturated heterocycles. The molecule has 23 heavy (non-hydrogen) atoms. The third-order valence-electron chi connectivity index (χ3n) is 3.29. The lowest BCUT2D eigenvalue weighted by Crippen LogP contribution is -2.08. The minimum atomic E-state index is 0.104. The molecule has 1 aromatic carbocycles. The van der Waals surface area contributed by atoms with Gasteiger partial charge in [-0.15, -0.1) is 0 Å². The molecule has 0 amide bonds. The second-order valence-electron chi connectivity index (χ2n) is 5.41. The van der Waals surface area contributed by atoms with Crippen LogP contribution < -0.4 is 10.2 Å². The summed E-state index contributed by atoms with van der Waals surface area (Å²) >= 11 is 0. The van der Waals surface area contributed by atoms with Gasteiger partial charge in [0, 0.05) is 17.1 Å². The summed E-state index contributed by atoms with van der Waals surface area (Å²) in [5.41, 5.74) is 4.86. The number of ether oxygens (including phenoxy) is 1. The molecule has 3 rings (SSSR count). The van der Waals surface area contributed by atoms with Crippen LogP contribution in [0.4, 0.5) is 5.88 Å². The Balaban J connectivity index is 1.73. The Kier molecular flexibility index (Phi) is 4.11. The zero-order valence-electron chi connectivity index (χ0n) is 12.9. The van der Waals surface area contributed by atoms with Gasteiger partial charge < -0.3 is 9.15 Å². The molecule has 1 aromatic heterocycles. The molecule has 0 fully saturated rings. The Morgan fingerprint density at radius 3 is 3.00 bits per heavy atom. The number of anilines is 1. The Labute approximate surface area is 134 Å². The SMILES string of the molecule is CC(C)c1nc(C#N)c(NN=CC2=Cc3ccccc3OC2)o1.